The summed E-state index contributed by atoms with van der Waals surface area (Å²) in [5.41, 5.74) is 3.06. The zero-order chi connectivity index (χ0) is 23.0. The van der Waals surface area contributed by atoms with E-state index in [0.29, 0.717) is 40.1 Å². The van der Waals surface area contributed by atoms with Crippen LogP contribution in [0.2, 0.25) is 0 Å². The van der Waals surface area contributed by atoms with Crippen molar-refractivity contribution in [1.29, 1.82) is 0 Å². The lowest BCUT2D eigenvalue weighted by atomic mass is 9.91. The van der Waals surface area contributed by atoms with Crippen molar-refractivity contribution in [3.8, 4) is 5.75 Å². The molecule has 0 saturated carbocycles. The molecule has 32 heavy (non-hydrogen) atoms. The maximum Gasteiger partial charge on any atom is 0.282 e. The number of amides is 2. The molecule has 4 rings (SSSR count). The van der Waals surface area contributed by atoms with Gasteiger partial charge in [-0.05, 0) is 42.5 Å². The first-order chi connectivity index (χ1) is 15.3. The molecule has 0 spiro atoms. The Kier molecular flexibility index (Phi) is 5.96. The molecule has 2 aromatic carbocycles. The van der Waals surface area contributed by atoms with Gasteiger partial charge in [0.25, 0.3) is 11.8 Å². The van der Waals surface area contributed by atoms with Crippen molar-refractivity contribution >= 4 is 28.8 Å². The van der Waals surface area contributed by atoms with Crippen molar-refractivity contribution in [1.82, 2.24) is 4.90 Å². The first kappa shape index (κ1) is 21.9. The zero-order valence-corrected chi connectivity index (χ0v) is 19.5. The molecule has 0 aromatic heterocycles. The molecule has 0 bridgehead atoms. The van der Waals surface area contributed by atoms with Crippen molar-refractivity contribution in [3.63, 3.8) is 0 Å². The quantitative estimate of drug-likeness (QED) is 0.667. The van der Waals surface area contributed by atoms with Gasteiger partial charge in [-0.3, -0.25) is 9.59 Å². The number of methoxy groups -OCH3 is 1. The SMILES string of the molecule is COc1ccccc1C1=C(N2CC(C)CC(C)C2)C(=O)N(c2cccc(N(C)C)c2)C1=O. The predicted octanol–water partition coefficient (Wildman–Crippen LogP) is 4.02. The minimum Gasteiger partial charge on any atom is -0.496 e. The Morgan fingerprint density at radius 2 is 1.62 bits per heavy atom. The molecule has 0 radical (unpaired) electrons. The number of hydrogen-bond donors (Lipinski definition) is 0. The van der Waals surface area contributed by atoms with Crippen LogP contribution in [-0.2, 0) is 9.59 Å². The van der Waals surface area contributed by atoms with E-state index in [1.807, 2.05) is 67.5 Å². The number of benzene rings is 2. The van der Waals surface area contributed by atoms with Crippen molar-refractivity contribution in [3.05, 3.63) is 59.8 Å². The van der Waals surface area contributed by atoms with Crippen molar-refractivity contribution in [2.24, 2.45) is 11.8 Å². The second-order valence-electron chi connectivity index (χ2n) is 9.13. The first-order valence-corrected chi connectivity index (χ1v) is 11.1. The topological polar surface area (TPSA) is 53.1 Å². The van der Waals surface area contributed by atoms with Gasteiger partial charge in [0.05, 0.1) is 18.4 Å². The van der Waals surface area contributed by atoms with Gasteiger partial charge in [0.1, 0.15) is 11.4 Å². The van der Waals surface area contributed by atoms with Crippen LogP contribution in [-0.4, -0.2) is 51.0 Å². The molecule has 168 valence electrons. The van der Waals surface area contributed by atoms with Gasteiger partial charge in [-0.1, -0.05) is 38.1 Å². The number of ether oxygens (including phenoxy) is 1. The number of piperidine rings is 1. The Balaban J connectivity index is 1.86. The van der Waals surface area contributed by atoms with Crippen LogP contribution in [0.1, 0.15) is 25.8 Å². The van der Waals surface area contributed by atoms with Crippen molar-refractivity contribution in [2.45, 2.75) is 20.3 Å². The summed E-state index contributed by atoms with van der Waals surface area (Å²) in [6.45, 7) is 5.91. The van der Waals surface area contributed by atoms with E-state index >= 15 is 0 Å². The largest absolute Gasteiger partial charge is 0.496 e. The number of imide groups is 1. The molecule has 1 saturated heterocycles. The molecule has 2 atom stereocenters. The maximum atomic E-state index is 13.8. The summed E-state index contributed by atoms with van der Waals surface area (Å²) in [5.74, 6) is 0.894. The highest BCUT2D eigenvalue weighted by atomic mass is 16.5. The van der Waals surface area contributed by atoms with E-state index in [9.17, 15) is 9.59 Å². The molecule has 2 amide bonds. The molecule has 2 aromatic rings. The summed E-state index contributed by atoms with van der Waals surface area (Å²) in [7, 11) is 5.46. The molecular formula is C26H31N3O3. The van der Waals surface area contributed by atoms with E-state index in [1.165, 1.54) is 4.90 Å². The Morgan fingerprint density at radius 1 is 0.938 bits per heavy atom. The molecular weight excluding hydrogens is 402 g/mol. The van der Waals surface area contributed by atoms with Crippen molar-refractivity contribution in [2.75, 3.05) is 44.1 Å². The molecule has 0 aliphatic carbocycles. The molecule has 6 nitrogen and oxygen atoms in total. The van der Waals surface area contributed by atoms with E-state index < -0.39 is 0 Å². The fraction of sp³-hybridized carbons (Fsp3) is 0.385. The average molecular weight is 434 g/mol. The molecule has 2 heterocycles. The third kappa shape index (κ3) is 3.85. The average Bonchev–Trinajstić information content (AvgIpc) is 3.03. The summed E-state index contributed by atoms with van der Waals surface area (Å²) in [5, 5.41) is 0. The number of carbonyl (C=O) groups excluding carboxylic acids is 2. The number of nitrogens with zero attached hydrogens (tertiary/aromatic N) is 3. The number of anilines is 2. The lowest BCUT2D eigenvalue weighted by molar-refractivity contribution is -0.120. The third-order valence-corrected chi connectivity index (χ3v) is 6.23. The monoisotopic (exact) mass is 433 g/mol. The summed E-state index contributed by atoms with van der Waals surface area (Å²) in [6, 6.07) is 14.9. The summed E-state index contributed by atoms with van der Waals surface area (Å²) >= 11 is 0. The fourth-order valence-electron chi connectivity index (χ4n) is 4.90. The minimum absolute atomic E-state index is 0.270. The number of likely N-dealkylation sites (tertiary alicyclic amines) is 1. The Bertz CT molecular complexity index is 1070. The molecule has 0 N–H and O–H groups in total. The number of hydrogen-bond acceptors (Lipinski definition) is 5. The highest BCUT2D eigenvalue weighted by molar-refractivity contribution is 6.45. The molecule has 2 aliphatic heterocycles. The van der Waals surface area contributed by atoms with Crippen LogP contribution in [0.4, 0.5) is 11.4 Å². The van der Waals surface area contributed by atoms with Crippen LogP contribution >= 0.6 is 0 Å². The van der Waals surface area contributed by atoms with Crippen LogP contribution in [0.5, 0.6) is 5.75 Å². The van der Waals surface area contributed by atoms with E-state index in [4.69, 9.17) is 4.74 Å². The molecule has 6 heteroatoms. The number of rotatable bonds is 5. The predicted molar refractivity (Wildman–Crippen MR) is 128 cm³/mol. The Hall–Kier alpha value is -3.28. The van der Waals surface area contributed by atoms with Gasteiger partial charge in [0.2, 0.25) is 0 Å². The first-order valence-electron chi connectivity index (χ1n) is 11.1. The lowest BCUT2D eigenvalue weighted by Crippen LogP contribution is -2.42. The van der Waals surface area contributed by atoms with Gasteiger partial charge in [0, 0.05) is 38.4 Å². The third-order valence-electron chi connectivity index (χ3n) is 6.23. The van der Waals surface area contributed by atoms with Crippen LogP contribution in [0.15, 0.2) is 54.2 Å². The van der Waals surface area contributed by atoms with Gasteiger partial charge >= 0.3 is 0 Å². The Morgan fingerprint density at radius 3 is 2.28 bits per heavy atom. The van der Waals surface area contributed by atoms with Crippen molar-refractivity contribution < 1.29 is 14.3 Å². The Labute approximate surface area is 190 Å². The van der Waals surface area contributed by atoms with E-state index in [0.717, 1.165) is 25.2 Å². The lowest BCUT2D eigenvalue weighted by Gasteiger charge is -2.37. The second-order valence-corrected chi connectivity index (χ2v) is 9.13. The highest BCUT2D eigenvalue weighted by Crippen LogP contribution is 2.40. The van der Waals surface area contributed by atoms with Gasteiger partial charge in [0.15, 0.2) is 0 Å². The van der Waals surface area contributed by atoms with E-state index in [-0.39, 0.29) is 11.8 Å². The van der Waals surface area contributed by atoms with Crippen LogP contribution in [0.3, 0.4) is 0 Å². The van der Waals surface area contributed by atoms with E-state index in [2.05, 4.69) is 18.7 Å². The molecule has 2 unspecified atom stereocenters. The molecule has 2 aliphatic rings. The number of carbonyl (C=O) groups is 2. The van der Waals surface area contributed by atoms with Gasteiger partial charge in [-0.2, -0.15) is 0 Å². The standard InChI is InChI=1S/C26H31N3O3/c1-17-13-18(2)16-28(15-17)24-23(21-11-6-7-12-22(21)32-5)25(30)29(26(24)31)20-10-8-9-19(14-20)27(3)4/h6-12,14,17-18H,13,15-16H2,1-5H3. The highest BCUT2D eigenvalue weighted by Gasteiger charge is 2.44. The van der Waals surface area contributed by atoms with E-state index in [1.54, 1.807) is 7.11 Å². The summed E-state index contributed by atoms with van der Waals surface area (Å²) in [6.07, 6.45) is 1.12. The second kappa shape index (κ2) is 8.69. The summed E-state index contributed by atoms with van der Waals surface area (Å²) in [4.78, 5) is 33.1. The number of para-hydroxylation sites is 1. The van der Waals surface area contributed by atoms with Gasteiger partial charge < -0.3 is 14.5 Å². The molecule has 1 fully saturated rings. The van der Waals surface area contributed by atoms with Crippen LogP contribution in [0, 0.1) is 11.8 Å². The van der Waals surface area contributed by atoms with Gasteiger partial charge in [-0.15, -0.1) is 0 Å². The van der Waals surface area contributed by atoms with Crippen LogP contribution in [0.25, 0.3) is 5.57 Å². The fourth-order valence-corrected chi connectivity index (χ4v) is 4.90. The smallest absolute Gasteiger partial charge is 0.282 e. The van der Waals surface area contributed by atoms with Gasteiger partial charge in [-0.25, -0.2) is 4.90 Å². The minimum atomic E-state index is -0.309. The zero-order valence-electron chi connectivity index (χ0n) is 19.5. The normalized spacial score (nSPS) is 21.4. The summed E-state index contributed by atoms with van der Waals surface area (Å²) < 4.78 is 5.57. The van der Waals surface area contributed by atoms with Crippen LogP contribution < -0.4 is 14.5 Å². The maximum absolute atomic E-state index is 13.8.